The molecule has 2 rings (SSSR count). The lowest BCUT2D eigenvalue weighted by atomic mass is 9.86. The number of rotatable bonds is 8. The molecular formula is C25H35N3O4. The fraction of sp³-hybridized carbons (Fsp3) is 0.480. The van der Waals surface area contributed by atoms with Crippen molar-refractivity contribution in [1.82, 2.24) is 9.78 Å². The van der Waals surface area contributed by atoms with E-state index in [9.17, 15) is 4.79 Å². The molecule has 2 aromatic rings. The number of ether oxygens (including phenoxy) is 3. The number of aryl methyl sites for hydroxylation is 2. The monoisotopic (exact) mass is 441 g/mol. The molecule has 0 aliphatic carbocycles. The number of hydrogen-bond donors (Lipinski definition) is 0. The zero-order chi connectivity index (χ0) is 23.9. The van der Waals surface area contributed by atoms with Crippen LogP contribution < -0.4 is 0 Å². The van der Waals surface area contributed by atoms with E-state index in [1.807, 2.05) is 24.6 Å². The van der Waals surface area contributed by atoms with E-state index in [0.717, 1.165) is 22.5 Å². The molecule has 0 N–H and O–H groups in total. The number of nitrogens with zero attached hydrogens (tertiary/aromatic N) is 3. The van der Waals surface area contributed by atoms with Gasteiger partial charge >= 0.3 is 6.16 Å². The Morgan fingerprint density at radius 3 is 2.38 bits per heavy atom. The van der Waals surface area contributed by atoms with Crippen LogP contribution in [0, 0.1) is 6.92 Å². The van der Waals surface area contributed by atoms with E-state index < -0.39 is 12.4 Å². The predicted molar refractivity (Wildman–Crippen MR) is 128 cm³/mol. The highest BCUT2D eigenvalue weighted by molar-refractivity contribution is 6.18. The third-order valence-corrected chi connectivity index (χ3v) is 4.81. The summed E-state index contributed by atoms with van der Waals surface area (Å²) in [5, 5.41) is 4.56. The van der Waals surface area contributed by atoms with Gasteiger partial charge in [-0.15, -0.1) is 0 Å². The second-order valence-corrected chi connectivity index (χ2v) is 8.43. The maximum Gasteiger partial charge on any atom is 0.511 e. The minimum absolute atomic E-state index is 0.0422. The predicted octanol–water partition coefficient (Wildman–Crippen LogP) is 5.61. The quantitative estimate of drug-likeness (QED) is 0.230. The van der Waals surface area contributed by atoms with Crippen molar-refractivity contribution in [2.75, 3.05) is 13.7 Å². The van der Waals surface area contributed by atoms with E-state index in [0.29, 0.717) is 12.3 Å². The van der Waals surface area contributed by atoms with Crippen molar-refractivity contribution in [3.8, 4) is 0 Å². The van der Waals surface area contributed by atoms with Crippen LogP contribution in [0.2, 0.25) is 0 Å². The molecule has 174 valence electrons. The highest BCUT2D eigenvalue weighted by Gasteiger charge is 2.22. The summed E-state index contributed by atoms with van der Waals surface area (Å²) in [6.45, 7) is 14.7. The van der Waals surface area contributed by atoms with Crippen LogP contribution in [0.1, 0.15) is 64.1 Å². The molecule has 0 aliphatic heterocycles. The summed E-state index contributed by atoms with van der Waals surface area (Å²) in [6, 6.07) is 10.3. The number of aliphatic imine (C=N–C) groups is 1. The van der Waals surface area contributed by atoms with Crippen LogP contribution in [0.4, 0.5) is 4.79 Å². The molecule has 0 spiro atoms. The molecule has 1 aromatic heterocycles. The number of carbonyl (C=O) groups is 1. The zero-order valence-corrected chi connectivity index (χ0v) is 20.4. The zero-order valence-electron chi connectivity index (χ0n) is 20.4. The van der Waals surface area contributed by atoms with Gasteiger partial charge < -0.3 is 14.2 Å². The molecule has 7 heteroatoms. The van der Waals surface area contributed by atoms with E-state index >= 15 is 0 Å². The first kappa shape index (κ1) is 25.2. The first-order valence-electron chi connectivity index (χ1n) is 10.9. The average molecular weight is 442 g/mol. The van der Waals surface area contributed by atoms with Crippen LogP contribution in [0.15, 0.2) is 35.3 Å². The number of aromatic nitrogens is 2. The molecule has 0 bridgehead atoms. The van der Waals surface area contributed by atoms with Gasteiger partial charge in [0.05, 0.1) is 12.3 Å². The molecule has 0 aliphatic rings. The average Bonchev–Trinajstić information content (AvgIpc) is 3.10. The summed E-state index contributed by atoms with van der Waals surface area (Å²) in [5.41, 5.74) is 4.60. The molecule has 1 unspecified atom stereocenters. The Kier molecular flexibility index (Phi) is 8.63. The third kappa shape index (κ3) is 6.45. The Hall–Kier alpha value is -3.09. The summed E-state index contributed by atoms with van der Waals surface area (Å²) >= 11 is 0. The number of carbonyl (C=O) groups excluding carboxylic acids is 1. The number of allylic oxidation sites excluding steroid dienone is 1. The molecule has 32 heavy (non-hydrogen) atoms. The largest absolute Gasteiger partial charge is 0.511 e. The van der Waals surface area contributed by atoms with E-state index in [1.54, 1.807) is 27.1 Å². The lowest BCUT2D eigenvalue weighted by molar-refractivity contribution is -0.0660. The lowest BCUT2D eigenvalue weighted by Crippen LogP contribution is -2.20. The minimum Gasteiger partial charge on any atom is -0.452 e. The van der Waals surface area contributed by atoms with Crippen LogP contribution in [-0.2, 0) is 26.2 Å². The third-order valence-electron chi connectivity index (χ3n) is 4.81. The maximum atomic E-state index is 11.8. The first-order valence-corrected chi connectivity index (χ1v) is 10.9. The molecule has 0 fully saturated rings. The summed E-state index contributed by atoms with van der Waals surface area (Å²) < 4.78 is 18.2. The fourth-order valence-corrected chi connectivity index (χ4v) is 3.25. The maximum absolute atomic E-state index is 11.8. The molecule has 1 heterocycles. The number of hydrogen-bond acceptors (Lipinski definition) is 6. The summed E-state index contributed by atoms with van der Waals surface area (Å²) in [6.07, 6.45) is 0.0966. The van der Waals surface area contributed by atoms with Crippen LogP contribution in [0.25, 0.3) is 11.3 Å². The van der Waals surface area contributed by atoms with E-state index in [4.69, 9.17) is 14.2 Å². The van der Waals surface area contributed by atoms with Crippen molar-refractivity contribution < 1.29 is 19.0 Å². The van der Waals surface area contributed by atoms with Gasteiger partial charge in [0.15, 0.2) is 5.76 Å². The van der Waals surface area contributed by atoms with E-state index in [-0.39, 0.29) is 12.0 Å². The Morgan fingerprint density at radius 2 is 1.84 bits per heavy atom. The minimum atomic E-state index is -0.876. The topological polar surface area (TPSA) is 74.9 Å². The van der Waals surface area contributed by atoms with Crippen molar-refractivity contribution in [3.63, 3.8) is 0 Å². The summed E-state index contributed by atoms with van der Waals surface area (Å²) in [4.78, 5) is 16.1. The van der Waals surface area contributed by atoms with Crippen molar-refractivity contribution in [2.24, 2.45) is 4.99 Å². The van der Waals surface area contributed by atoms with Crippen molar-refractivity contribution in [1.29, 1.82) is 0 Å². The van der Waals surface area contributed by atoms with Gasteiger partial charge in [-0.3, -0.25) is 9.67 Å². The normalized spacial score (nSPS) is 13.6. The van der Waals surface area contributed by atoms with Crippen LogP contribution in [0.3, 0.4) is 0 Å². The Balaban J connectivity index is 2.62. The van der Waals surface area contributed by atoms with Crippen LogP contribution in [-0.4, -0.2) is 42.1 Å². The van der Waals surface area contributed by atoms with Gasteiger partial charge in [-0.2, -0.15) is 5.10 Å². The Morgan fingerprint density at radius 1 is 1.19 bits per heavy atom. The first-order chi connectivity index (χ1) is 15.1. The lowest BCUT2D eigenvalue weighted by Gasteiger charge is -2.21. The van der Waals surface area contributed by atoms with E-state index in [1.165, 1.54) is 5.56 Å². The van der Waals surface area contributed by atoms with Crippen molar-refractivity contribution in [3.05, 3.63) is 52.8 Å². The summed E-state index contributed by atoms with van der Waals surface area (Å²) in [7, 11) is 1.71. The van der Waals surface area contributed by atoms with Crippen LogP contribution >= 0.6 is 0 Å². The smallest absolute Gasteiger partial charge is 0.452 e. The molecule has 1 atom stereocenters. The summed E-state index contributed by atoms with van der Waals surface area (Å²) in [5.74, 6) is 0.526. The molecule has 0 amide bonds. The van der Waals surface area contributed by atoms with Gasteiger partial charge in [0.1, 0.15) is 5.69 Å². The molecular weight excluding hydrogens is 406 g/mol. The van der Waals surface area contributed by atoms with Gasteiger partial charge in [-0.1, -0.05) is 45.0 Å². The molecule has 0 saturated carbocycles. The molecule has 7 nitrogen and oxygen atoms in total. The fourth-order valence-electron chi connectivity index (χ4n) is 3.25. The van der Waals surface area contributed by atoms with Gasteiger partial charge in [0.2, 0.25) is 6.29 Å². The standard InChI is InChI=1S/C25H35N3O4/c1-9-28-22(15-17(3)27-28)23(31-18(4)32-24(29)30-10-2)21(16-26-8)19-11-13-20(14-12-19)25(5,6)7/h11-16,18H,9-10H2,1-8H3/b23-21-,26-16-. The van der Waals surface area contributed by atoms with Gasteiger partial charge in [0.25, 0.3) is 0 Å². The van der Waals surface area contributed by atoms with Crippen LogP contribution in [0.5, 0.6) is 0 Å². The molecule has 1 aromatic carbocycles. The molecule has 0 radical (unpaired) electrons. The van der Waals surface area contributed by atoms with E-state index in [2.05, 4.69) is 55.1 Å². The van der Waals surface area contributed by atoms with Crippen molar-refractivity contribution in [2.45, 2.75) is 66.7 Å². The Labute approximate surface area is 191 Å². The SMILES string of the molecule is CCOC(=O)OC(C)O/C(=C(/C=N\C)c1ccc(C(C)(C)C)cc1)c1cc(C)nn1CC. The molecule has 0 saturated heterocycles. The Bertz CT molecular complexity index is 966. The van der Waals surface area contributed by atoms with Gasteiger partial charge in [-0.05, 0) is 43.4 Å². The second-order valence-electron chi connectivity index (χ2n) is 8.43. The van der Waals surface area contributed by atoms with Crippen molar-refractivity contribution >= 4 is 23.7 Å². The van der Waals surface area contributed by atoms with Gasteiger partial charge in [0, 0.05) is 32.3 Å². The second kappa shape index (κ2) is 11.0. The van der Waals surface area contributed by atoms with Gasteiger partial charge in [-0.25, -0.2) is 4.79 Å². The number of benzene rings is 1. The highest BCUT2D eigenvalue weighted by atomic mass is 16.8. The highest BCUT2D eigenvalue weighted by Crippen LogP contribution is 2.30.